The summed E-state index contributed by atoms with van der Waals surface area (Å²) in [5, 5.41) is 20.9. The van der Waals surface area contributed by atoms with Crippen molar-refractivity contribution in [2.24, 2.45) is 5.92 Å². The van der Waals surface area contributed by atoms with Crippen LogP contribution in [0.25, 0.3) is 11.0 Å². The first kappa shape index (κ1) is 16.0. The van der Waals surface area contributed by atoms with Crippen molar-refractivity contribution in [3.05, 3.63) is 41.6 Å². The number of hydrogen-bond donors (Lipinski definition) is 3. The van der Waals surface area contributed by atoms with E-state index in [-0.39, 0.29) is 17.9 Å². The van der Waals surface area contributed by atoms with Gasteiger partial charge in [-0.3, -0.25) is 5.10 Å². The Morgan fingerprint density at radius 1 is 1.12 bits per heavy atom. The summed E-state index contributed by atoms with van der Waals surface area (Å²) in [6.07, 6.45) is 1.21. The molecular formula is C18H22N6O. The fraction of sp³-hybridized carbons (Fsp3) is 0.444. The minimum Gasteiger partial charge on any atom is -0.393 e. The number of anilines is 1. The van der Waals surface area contributed by atoms with Crippen molar-refractivity contribution in [2.45, 2.75) is 38.7 Å². The van der Waals surface area contributed by atoms with Crippen molar-refractivity contribution in [3.63, 3.8) is 0 Å². The van der Waals surface area contributed by atoms with Gasteiger partial charge in [0.1, 0.15) is 11.6 Å². The molecule has 1 aliphatic rings. The van der Waals surface area contributed by atoms with Crippen LogP contribution in [-0.4, -0.2) is 42.9 Å². The highest BCUT2D eigenvalue weighted by Gasteiger charge is 2.35. The molecule has 2 aromatic heterocycles. The number of aryl methyl sites for hydroxylation is 2. The van der Waals surface area contributed by atoms with Gasteiger partial charge in [0.25, 0.3) is 0 Å². The number of aromatic nitrogens is 5. The fourth-order valence-corrected chi connectivity index (χ4v) is 3.56. The molecule has 1 fully saturated rings. The highest BCUT2D eigenvalue weighted by molar-refractivity contribution is 5.76. The number of H-pyrrole nitrogens is 1. The van der Waals surface area contributed by atoms with Crippen LogP contribution in [0.5, 0.6) is 0 Å². The summed E-state index contributed by atoms with van der Waals surface area (Å²) in [7, 11) is 0. The van der Waals surface area contributed by atoms with E-state index in [2.05, 4.69) is 30.5 Å². The maximum Gasteiger partial charge on any atom is 0.153 e. The number of aromatic amines is 1. The van der Waals surface area contributed by atoms with Gasteiger partial charge in [-0.25, -0.2) is 15.0 Å². The Balaban J connectivity index is 1.45. The lowest BCUT2D eigenvalue weighted by molar-refractivity contribution is 0.137. The molecule has 1 aliphatic carbocycles. The number of nitrogens with one attached hydrogen (secondary N) is 2. The smallest absolute Gasteiger partial charge is 0.153 e. The van der Waals surface area contributed by atoms with E-state index in [4.69, 9.17) is 0 Å². The van der Waals surface area contributed by atoms with Gasteiger partial charge in [0.05, 0.1) is 22.8 Å². The van der Waals surface area contributed by atoms with Crippen LogP contribution in [0.1, 0.15) is 36.1 Å². The van der Waals surface area contributed by atoms with Crippen molar-refractivity contribution in [1.82, 2.24) is 25.1 Å². The summed E-state index contributed by atoms with van der Waals surface area (Å²) >= 11 is 0. The van der Waals surface area contributed by atoms with E-state index in [1.807, 2.05) is 38.1 Å². The van der Waals surface area contributed by atoms with Gasteiger partial charge in [0.2, 0.25) is 0 Å². The maximum absolute atomic E-state index is 10.4. The Kier molecular flexibility index (Phi) is 4.09. The van der Waals surface area contributed by atoms with Crippen LogP contribution in [0.15, 0.2) is 24.3 Å². The first-order valence-electron chi connectivity index (χ1n) is 8.64. The predicted octanol–water partition coefficient (Wildman–Crippen LogP) is 2.33. The van der Waals surface area contributed by atoms with Crippen LogP contribution in [0.3, 0.4) is 0 Å². The number of fused-ring (bicyclic) bond motifs is 1. The molecule has 3 aromatic rings. The van der Waals surface area contributed by atoms with Crippen LogP contribution >= 0.6 is 0 Å². The van der Waals surface area contributed by atoms with Crippen LogP contribution < -0.4 is 5.32 Å². The molecule has 25 heavy (non-hydrogen) atoms. The number of para-hydroxylation sites is 2. The Labute approximate surface area is 145 Å². The van der Waals surface area contributed by atoms with Gasteiger partial charge in [0, 0.05) is 18.4 Å². The molecule has 0 radical (unpaired) electrons. The molecule has 4 rings (SSSR count). The monoisotopic (exact) mass is 338 g/mol. The van der Waals surface area contributed by atoms with E-state index < -0.39 is 0 Å². The van der Waals surface area contributed by atoms with Gasteiger partial charge < -0.3 is 10.4 Å². The number of benzene rings is 1. The van der Waals surface area contributed by atoms with E-state index in [0.29, 0.717) is 13.0 Å². The zero-order chi connectivity index (χ0) is 17.4. The largest absolute Gasteiger partial charge is 0.393 e. The lowest BCUT2D eigenvalue weighted by atomic mass is 10.0. The quantitative estimate of drug-likeness (QED) is 0.675. The second-order valence-electron chi connectivity index (χ2n) is 6.80. The zero-order valence-electron chi connectivity index (χ0n) is 14.4. The van der Waals surface area contributed by atoms with Crippen molar-refractivity contribution < 1.29 is 5.11 Å². The average Bonchev–Trinajstić information content (AvgIpc) is 3.19. The second kappa shape index (κ2) is 6.40. The predicted molar refractivity (Wildman–Crippen MR) is 95.4 cm³/mol. The Hall–Kier alpha value is -2.54. The molecule has 1 unspecified atom stereocenters. The van der Waals surface area contributed by atoms with Crippen molar-refractivity contribution in [2.75, 3.05) is 11.9 Å². The van der Waals surface area contributed by atoms with Crippen molar-refractivity contribution >= 4 is 16.9 Å². The van der Waals surface area contributed by atoms with Gasteiger partial charge in [0.15, 0.2) is 5.82 Å². The van der Waals surface area contributed by atoms with Gasteiger partial charge in [-0.05, 0) is 38.8 Å². The molecule has 0 amide bonds. The molecule has 1 saturated carbocycles. The Morgan fingerprint density at radius 2 is 1.88 bits per heavy atom. The van der Waals surface area contributed by atoms with E-state index in [1.54, 1.807) is 0 Å². The van der Waals surface area contributed by atoms with Gasteiger partial charge in [-0.1, -0.05) is 12.1 Å². The number of aliphatic hydroxyl groups excluding tert-OH is 1. The van der Waals surface area contributed by atoms with E-state index in [1.165, 1.54) is 0 Å². The van der Waals surface area contributed by atoms with Crippen LogP contribution in [0, 0.1) is 19.8 Å². The molecule has 130 valence electrons. The molecule has 7 nitrogen and oxygen atoms in total. The Morgan fingerprint density at radius 3 is 2.60 bits per heavy atom. The standard InChI is InChI=1S/C18H22N6O/c1-10-17(22-15-6-4-3-5-14(15)20-10)19-9-13-7-12(8-16(13)25)18-21-11(2)23-24-18/h3-6,12-13,16,25H,7-9H2,1-2H3,(H,19,22)(H,21,23,24)/t12?,13-,16-/m1/s1. The molecule has 3 N–H and O–H groups in total. The van der Waals surface area contributed by atoms with Gasteiger partial charge in [-0.2, -0.15) is 5.10 Å². The molecule has 1 aromatic carbocycles. The zero-order valence-corrected chi connectivity index (χ0v) is 14.4. The van der Waals surface area contributed by atoms with E-state index in [0.717, 1.165) is 40.6 Å². The van der Waals surface area contributed by atoms with Gasteiger partial charge >= 0.3 is 0 Å². The third-order valence-corrected chi connectivity index (χ3v) is 4.91. The molecule has 7 heteroatoms. The summed E-state index contributed by atoms with van der Waals surface area (Å²) in [5.74, 6) is 2.75. The average molecular weight is 338 g/mol. The van der Waals surface area contributed by atoms with Crippen molar-refractivity contribution in [1.29, 1.82) is 0 Å². The summed E-state index contributed by atoms with van der Waals surface area (Å²) in [4.78, 5) is 13.7. The normalized spacial score (nSPS) is 23.2. The molecule has 0 bridgehead atoms. The summed E-state index contributed by atoms with van der Waals surface area (Å²) < 4.78 is 0. The minimum absolute atomic E-state index is 0.150. The van der Waals surface area contributed by atoms with Crippen LogP contribution in [0.2, 0.25) is 0 Å². The highest BCUT2D eigenvalue weighted by Crippen LogP contribution is 2.37. The van der Waals surface area contributed by atoms with Gasteiger partial charge in [-0.15, -0.1) is 0 Å². The number of hydrogen-bond acceptors (Lipinski definition) is 6. The summed E-state index contributed by atoms with van der Waals surface area (Å²) in [6, 6.07) is 7.84. The Bertz CT molecular complexity index is 892. The molecule has 0 spiro atoms. The van der Waals surface area contributed by atoms with Crippen molar-refractivity contribution in [3.8, 4) is 0 Å². The first-order chi connectivity index (χ1) is 12.1. The third-order valence-electron chi connectivity index (χ3n) is 4.91. The summed E-state index contributed by atoms with van der Waals surface area (Å²) in [6.45, 7) is 4.50. The SMILES string of the molecule is Cc1nc(C2C[C@H](CNc3nc4ccccc4nc3C)[C@H](O)C2)n[nH]1. The summed E-state index contributed by atoms with van der Waals surface area (Å²) in [5.41, 5.74) is 2.63. The fourth-order valence-electron chi connectivity index (χ4n) is 3.56. The lowest BCUT2D eigenvalue weighted by Gasteiger charge is -2.16. The number of aliphatic hydroxyl groups is 1. The number of nitrogens with zero attached hydrogens (tertiary/aromatic N) is 4. The molecule has 0 aliphatic heterocycles. The number of rotatable bonds is 4. The molecular weight excluding hydrogens is 316 g/mol. The molecule has 0 saturated heterocycles. The maximum atomic E-state index is 10.4. The van der Waals surface area contributed by atoms with E-state index >= 15 is 0 Å². The van der Waals surface area contributed by atoms with Crippen LogP contribution in [-0.2, 0) is 0 Å². The van der Waals surface area contributed by atoms with E-state index in [9.17, 15) is 5.11 Å². The molecule has 3 atom stereocenters. The molecule has 2 heterocycles. The minimum atomic E-state index is -0.356. The lowest BCUT2D eigenvalue weighted by Crippen LogP contribution is -2.22. The topological polar surface area (TPSA) is 99.6 Å². The third kappa shape index (κ3) is 3.19. The van der Waals surface area contributed by atoms with Crippen LogP contribution in [0.4, 0.5) is 5.82 Å². The first-order valence-corrected chi connectivity index (χ1v) is 8.64. The highest BCUT2D eigenvalue weighted by atomic mass is 16.3. The second-order valence-corrected chi connectivity index (χ2v) is 6.80.